The normalized spacial score (nSPS) is 19.6. The third-order valence-electron chi connectivity index (χ3n) is 2.80. The summed E-state index contributed by atoms with van der Waals surface area (Å²) in [5, 5.41) is 22.9. The topological polar surface area (TPSA) is 89.9 Å². The Morgan fingerprint density at radius 1 is 1.50 bits per heavy atom. The Labute approximate surface area is 108 Å². The van der Waals surface area contributed by atoms with E-state index in [0.717, 1.165) is 6.42 Å². The molecular formula is C11H14N2O4S. The fourth-order valence-corrected chi connectivity index (χ4v) is 2.66. The number of hydrogen-bond acceptors (Lipinski definition) is 4. The summed E-state index contributed by atoms with van der Waals surface area (Å²) in [6, 6.07) is 1.09. The van der Waals surface area contributed by atoms with Gasteiger partial charge in [0.05, 0.1) is 11.7 Å². The van der Waals surface area contributed by atoms with Crippen LogP contribution in [-0.4, -0.2) is 46.3 Å². The van der Waals surface area contributed by atoms with E-state index in [4.69, 9.17) is 5.11 Å². The van der Waals surface area contributed by atoms with Crippen LogP contribution < -0.4 is 5.32 Å². The lowest BCUT2D eigenvalue weighted by molar-refractivity contribution is 0.0698. The zero-order valence-corrected chi connectivity index (χ0v) is 10.4. The Bertz CT molecular complexity index is 460. The first-order chi connectivity index (χ1) is 8.58. The number of β-amino-alcohol motifs (C(OH)–C–C–N with tert-alkyl or cyclic N) is 1. The maximum atomic E-state index is 11.9. The molecule has 0 bridgehead atoms. The molecule has 7 heteroatoms. The number of anilines is 1. The SMILES string of the molecule is O=C(O)c1ccsc1NC(=O)N1CCCC(O)C1. The molecule has 2 amide bonds. The van der Waals surface area contributed by atoms with Crippen molar-refractivity contribution in [3.63, 3.8) is 0 Å². The van der Waals surface area contributed by atoms with Gasteiger partial charge >= 0.3 is 12.0 Å². The van der Waals surface area contributed by atoms with Crippen LogP contribution in [0, 0.1) is 0 Å². The third-order valence-corrected chi connectivity index (χ3v) is 3.63. The lowest BCUT2D eigenvalue weighted by Gasteiger charge is -2.29. The summed E-state index contributed by atoms with van der Waals surface area (Å²) in [4.78, 5) is 24.3. The van der Waals surface area contributed by atoms with E-state index in [1.54, 1.807) is 5.38 Å². The molecule has 6 nitrogen and oxygen atoms in total. The van der Waals surface area contributed by atoms with Crippen molar-refractivity contribution in [3.8, 4) is 0 Å². The van der Waals surface area contributed by atoms with Crippen molar-refractivity contribution in [1.29, 1.82) is 0 Å². The van der Waals surface area contributed by atoms with Gasteiger partial charge in [-0.3, -0.25) is 5.32 Å². The van der Waals surface area contributed by atoms with Gasteiger partial charge in [-0.15, -0.1) is 11.3 Å². The first kappa shape index (κ1) is 12.8. The van der Waals surface area contributed by atoms with Gasteiger partial charge in [0.2, 0.25) is 0 Å². The highest BCUT2D eigenvalue weighted by molar-refractivity contribution is 7.14. The molecule has 3 N–H and O–H groups in total. The number of nitrogens with zero attached hydrogens (tertiary/aromatic N) is 1. The van der Waals surface area contributed by atoms with Crippen LogP contribution in [0.15, 0.2) is 11.4 Å². The van der Waals surface area contributed by atoms with E-state index < -0.39 is 12.1 Å². The molecule has 1 fully saturated rings. The van der Waals surface area contributed by atoms with Crippen LogP contribution >= 0.6 is 11.3 Å². The van der Waals surface area contributed by atoms with Crippen molar-refractivity contribution < 1.29 is 19.8 Å². The first-order valence-electron chi connectivity index (χ1n) is 5.62. The van der Waals surface area contributed by atoms with E-state index in [1.807, 2.05) is 0 Å². The van der Waals surface area contributed by atoms with Gasteiger partial charge in [0.1, 0.15) is 5.00 Å². The predicted octanol–water partition coefficient (Wildman–Crippen LogP) is 1.43. The minimum Gasteiger partial charge on any atom is -0.478 e. The monoisotopic (exact) mass is 270 g/mol. The average Bonchev–Trinajstić information content (AvgIpc) is 2.77. The summed E-state index contributed by atoms with van der Waals surface area (Å²) < 4.78 is 0. The summed E-state index contributed by atoms with van der Waals surface area (Å²) in [5.41, 5.74) is 0.0888. The van der Waals surface area contributed by atoms with Gasteiger partial charge < -0.3 is 15.1 Å². The van der Waals surface area contributed by atoms with Gasteiger partial charge in [0, 0.05) is 13.1 Å². The van der Waals surface area contributed by atoms with Crippen LogP contribution in [0.3, 0.4) is 0 Å². The molecule has 1 aliphatic heterocycles. The van der Waals surface area contributed by atoms with E-state index in [2.05, 4.69) is 5.32 Å². The smallest absolute Gasteiger partial charge is 0.338 e. The lowest BCUT2D eigenvalue weighted by Crippen LogP contribution is -2.44. The van der Waals surface area contributed by atoms with Crippen molar-refractivity contribution in [2.75, 3.05) is 18.4 Å². The fourth-order valence-electron chi connectivity index (χ4n) is 1.89. The number of thiophene rings is 1. The zero-order chi connectivity index (χ0) is 13.1. The average molecular weight is 270 g/mol. The van der Waals surface area contributed by atoms with Crippen molar-refractivity contribution >= 4 is 28.3 Å². The Kier molecular flexibility index (Phi) is 3.83. The molecule has 18 heavy (non-hydrogen) atoms. The van der Waals surface area contributed by atoms with Gasteiger partial charge in [0.25, 0.3) is 0 Å². The quantitative estimate of drug-likeness (QED) is 0.758. The van der Waals surface area contributed by atoms with Gasteiger partial charge in [-0.2, -0.15) is 0 Å². The molecule has 2 heterocycles. The molecule has 1 aromatic rings. The van der Waals surface area contributed by atoms with Crippen molar-refractivity contribution in [3.05, 3.63) is 17.0 Å². The van der Waals surface area contributed by atoms with Crippen LogP contribution in [0.25, 0.3) is 0 Å². The number of carbonyl (C=O) groups is 2. The number of hydrogen-bond donors (Lipinski definition) is 3. The molecular weight excluding hydrogens is 256 g/mol. The second-order valence-corrected chi connectivity index (χ2v) is 5.06. The minimum absolute atomic E-state index is 0.0888. The zero-order valence-electron chi connectivity index (χ0n) is 9.63. The maximum Gasteiger partial charge on any atom is 0.338 e. The second kappa shape index (κ2) is 5.36. The van der Waals surface area contributed by atoms with Crippen LogP contribution in [0.2, 0.25) is 0 Å². The lowest BCUT2D eigenvalue weighted by atomic mass is 10.1. The number of amides is 2. The Hall–Kier alpha value is -1.60. The molecule has 0 aliphatic carbocycles. The van der Waals surface area contributed by atoms with Crippen LogP contribution in [0.1, 0.15) is 23.2 Å². The number of likely N-dealkylation sites (tertiary alicyclic amines) is 1. The minimum atomic E-state index is -1.06. The van der Waals surface area contributed by atoms with E-state index in [-0.39, 0.29) is 11.6 Å². The fraction of sp³-hybridized carbons (Fsp3) is 0.455. The van der Waals surface area contributed by atoms with Gasteiger partial charge in [-0.25, -0.2) is 9.59 Å². The number of aliphatic hydroxyl groups is 1. The summed E-state index contributed by atoms with van der Waals surface area (Å²) in [6.45, 7) is 0.871. The number of urea groups is 1. The molecule has 1 atom stereocenters. The number of carbonyl (C=O) groups excluding carboxylic acids is 1. The largest absolute Gasteiger partial charge is 0.478 e. The number of aromatic carboxylic acids is 1. The molecule has 2 rings (SSSR count). The number of rotatable bonds is 2. The summed E-state index contributed by atoms with van der Waals surface area (Å²) in [7, 11) is 0. The van der Waals surface area contributed by atoms with Crippen LogP contribution in [0.5, 0.6) is 0 Å². The van der Waals surface area contributed by atoms with Crippen molar-refractivity contribution in [2.24, 2.45) is 0 Å². The first-order valence-corrected chi connectivity index (χ1v) is 6.50. The Morgan fingerprint density at radius 3 is 2.94 bits per heavy atom. The van der Waals surface area contributed by atoms with E-state index in [9.17, 15) is 14.7 Å². The molecule has 1 saturated heterocycles. The molecule has 98 valence electrons. The van der Waals surface area contributed by atoms with Crippen LogP contribution in [0.4, 0.5) is 9.80 Å². The third kappa shape index (κ3) is 2.80. The highest BCUT2D eigenvalue weighted by Crippen LogP contribution is 2.24. The van der Waals surface area contributed by atoms with Crippen molar-refractivity contribution in [1.82, 2.24) is 4.90 Å². The Balaban J connectivity index is 2.02. The number of aliphatic hydroxyl groups excluding tert-OH is 1. The van der Waals surface area contributed by atoms with E-state index in [0.29, 0.717) is 24.5 Å². The van der Waals surface area contributed by atoms with Gasteiger partial charge in [-0.1, -0.05) is 0 Å². The summed E-state index contributed by atoms with van der Waals surface area (Å²) >= 11 is 1.17. The van der Waals surface area contributed by atoms with Crippen LogP contribution in [-0.2, 0) is 0 Å². The second-order valence-electron chi connectivity index (χ2n) is 4.14. The maximum absolute atomic E-state index is 11.9. The van der Waals surface area contributed by atoms with Crippen molar-refractivity contribution in [2.45, 2.75) is 18.9 Å². The highest BCUT2D eigenvalue weighted by atomic mass is 32.1. The van der Waals surface area contributed by atoms with E-state index in [1.165, 1.54) is 22.3 Å². The number of carboxylic acid groups (broad SMARTS) is 1. The Morgan fingerprint density at radius 2 is 2.28 bits per heavy atom. The summed E-state index contributed by atoms with van der Waals surface area (Å²) in [5.74, 6) is -1.06. The van der Waals surface area contributed by atoms with E-state index >= 15 is 0 Å². The van der Waals surface area contributed by atoms with Gasteiger partial charge in [0.15, 0.2) is 0 Å². The molecule has 0 aromatic carbocycles. The number of piperidine rings is 1. The standard InChI is InChI=1S/C11H14N2O4S/c14-7-2-1-4-13(6-7)11(17)12-9-8(10(15)16)3-5-18-9/h3,5,7,14H,1-2,4,6H2,(H,12,17)(H,15,16). The molecule has 0 saturated carbocycles. The molecule has 0 spiro atoms. The predicted molar refractivity (Wildman–Crippen MR) is 67.1 cm³/mol. The van der Waals surface area contributed by atoms with Gasteiger partial charge in [-0.05, 0) is 24.3 Å². The molecule has 1 aromatic heterocycles. The molecule has 0 radical (unpaired) electrons. The summed E-state index contributed by atoms with van der Waals surface area (Å²) in [6.07, 6.45) is 0.959. The number of nitrogens with one attached hydrogen (secondary N) is 1. The highest BCUT2D eigenvalue weighted by Gasteiger charge is 2.23. The molecule has 1 unspecified atom stereocenters. The number of carboxylic acids is 1. The molecule has 1 aliphatic rings.